The summed E-state index contributed by atoms with van der Waals surface area (Å²) in [5, 5.41) is 6.98. The summed E-state index contributed by atoms with van der Waals surface area (Å²) in [4.78, 5) is 29.5. The molecule has 3 unspecified atom stereocenters. The number of nitrogens with one attached hydrogen (secondary N) is 2. The lowest BCUT2D eigenvalue weighted by Crippen LogP contribution is -2.13. The smallest absolute Gasteiger partial charge is 0.324 e. The van der Waals surface area contributed by atoms with Gasteiger partial charge < -0.3 is 29.2 Å². The topological polar surface area (TPSA) is 167 Å². The van der Waals surface area contributed by atoms with E-state index in [0.29, 0.717) is 71.6 Å². The Kier molecular flexibility index (Phi) is 16.8. The van der Waals surface area contributed by atoms with Crippen molar-refractivity contribution in [2.75, 3.05) is 50.6 Å². The molecule has 4 aromatic heterocycles. The molecule has 0 bridgehead atoms. The summed E-state index contributed by atoms with van der Waals surface area (Å²) < 4.78 is 66.4. The number of anilines is 2. The normalized spacial score (nSPS) is 12.5. The van der Waals surface area contributed by atoms with Crippen molar-refractivity contribution >= 4 is 39.9 Å². The van der Waals surface area contributed by atoms with Crippen LogP contribution >= 0.6 is 0 Å². The van der Waals surface area contributed by atoms with E-state index >= 15 is 0 Å². The van der Waals surface area contributed by atoms with Crippen molar-refractivity contribution in [2.24, 2.45) is 0 Å². The lowest BCUT2D eigenvalue weighted by atomic mass is 10.0. The van der Waals surface area contributed by atoms with Gasteiger partial charge in [-0.2, -0.15) is 9.97 Å². The fourth-order valence-electron chi connectivity index (χ4n) is 7.00. The number of pyridine rings is 2. The molecule has 3 atom stereocenters. The van der Waals surface area contributed by atoms with Gasteiger partial charge in [-0.05, 0) is 91.7 Å². The van der Waals surface area contributed by atoms with Crippen molar-refractivity contribution in [1.82, 2.24) is 29.1 Å². The maximum atomic E-state index is 13.6. The Bertz CT molecular complexity index is 2610. The van der Waals surface area contributed by atoms with E-state index in [9.17, 15) is 22.7 Å². The third-order valence-electron chi connectivity index (χ3n) is 9.90. The van der Waals surface area contributed by atoms with Crippen LogP contribution in [0.25, 0.3) is 45.0 Å². The van der Waals surface area contributed by atoms with Crippen LogP contribution in [0.3, 0.4) is 0 Å². The number of amides is 1. The highest BCUT2D eigenvalue weighted by molar-refractivity contribution is 7.90. The molecule has 17 heteroatoms. The molecule has 0 saturated carbocycles. The number of hydrogen-bond donors (Lipinski definition) is 2. The maximum Gasteiger partial charge on any atom is 0.324 e. The molecule has 0 aliphatic heterocycles. The van der Waals surface area contributed by atoms with Gasteiger partial charge >= 0.3 is 10.3 Å². The van der Waals surface area contributed by atoms with Gasteiger partial charge in [-0.15, -0.1) is 0 Å². The van der Waals surface area contributed by atoms with Crippen molar-refractivity contribution in [3.8, 4) is 45.0 Å². The van der Waals surface area contributed by atoms with E-state index in [1.807, 2.05) is 39.5 Å². The standard InChI is InChI=1S/C26H27FN4O2S.C21H23FN4O3S/c1-18(19-7-5-4-6-8-19)29-23-17-21(13-14-28-23)25-24(20-9-11-22(27)12-10-20)30-26(34(3)32)31(25)15-16-33-2;1-14(27)24-18-13-16(9-10-23-18)20-19(15-5-7-17(22)8-6-15)25-21(30(3)28)26(20)11-4-12-29-2/h4-14,17-18H,15-16H2,1-3H3,(H,28,29);5-10,13H,4,11-12H2,1-3H3,(H,23,24,27). The molecule has 4 heterocycles. The highest BCUT2D eigenvalue weighted by atomic mass is 32.2. The second-order valence-corrected chi connectivity index (χ2v) is 17.1. The number of aromatic nitrogens is 6. The third kappa shape index (κ3) is 12.0. The summed E-state index contributed by atoms with van der Waals surface area (Å²) in [7, 11) is 3.25. The molecule has 334 valence electrons. The van der Waals surface area contributed by atoms with Crippen molar-refractivity contribution in [3.63, 3.8) is 0 Å². The number of rotatable bonds is 17. The van der Waals surface area contributed by atoms with Gasteiger partial charge in [0.2, 0.25) is 5.91 Å². The summed E-state index contributed by atoms with van der Waals surface area (Å²) in [6.07, 6.45) is 7.19. The molecule has 0 aliphatic rings. The molecule has 1 amide bonds. The Morgan fingerprint density at radius 3 is 1.66 bits per heavy atom. The highest BCUT2D eigenvalue weighted by Crippen LogP contribution is 2.37. The van der Waals surface area contributed by atoms with E-state index in [1.165, 1.54) is 31.2 Å². The number of benzene rings is 3. The summed E-state index contributed by atoms with van der Waals surface area (Å²) in [5.74, 6) is 0.193. The molecule has 13 nitrogen and oxygen atoms in total. The third-order valence-corrected chi connectivity index (χ3v) is 11.6. The number of imidazole rings is 2. The van der Waals surface area contributed by atoms with Gasteiger partial charge in [-0.1, -0.05) is 30.3 Å². The highest BCUT2D eigenvalue weighted by Gasteiger charge is 2.27. The quantitative estimate of drug-likeness (QED) is 0.0666. The van der Waals surface area contributed by atoms with E-state index in [2.05, 4.69) is 44.6 Å². The van der Waals surface area contributed by atoms with Crippen LogP contribution in [0.4, 0.5) is 20.4 Å². The number of methoxy groups -OCH3 is 2. The molecule has 0 spiro atoms. The predicted octanol–water partition coefficient (Wildman–Crippen LogP) is 8.79. The minimum atomic E-state index is -1.35. The van der Waals surface area contributed by atoms with Crippen molar-refractivity contribution in [2.45, 2.75) is 49.7 Å². The van der Waals surface area contributed by atoms with E-state index in [1.54, 1.807) is 75.5 Å². The van der Waals surface area contributed by atoms with Crippen LogP contribution in [0.5, 0.6) is 0 Å². The summed E-state index contributed by atoms with van der Waals surface area (Å²) >= 11 is -2.68. The average molecular weight is 909 g/mol. The van der Waals surface area contributed by atoms with Crippen molar-refractivity contribution in [3.05, 3.63) is 133 Å². The lowest BCUT2D eigenvalue weighted by molar-refractivity contribution is -0.114. The van der Waals surface area contributed by atoms with E-state index in [-0.39, 0.29) is 23.6 Å². The average Bonchev–Trinajstić information content (AvgIpc) is 3.87. The first kappa shape index (κ1) is 47.5. The van der Waals surface area contributed by atoms with Gasteiger partial charge in [0.15, 0.2) is 0 Å². The number of hydrogen-bond acceptors (Lipinski definition) is 10. The molecule has 3 aromatic carbocycles. The first-order valence-corrected chi connectivity index (χ1v) is 23.4. The molecule has 0 aliphatic carbocycles. The SMILES string of the molecule is COCCCn1c([S+](C)[O-])nc(-c2ccc(F)cc2)c1-c1ccnc(NC(C)=O)c1.COCCn1c([S+](C)[O-])nc(-c2ccc(F)cc2)c1-c1ccnc(NC(C)c2ccccc2)c1. The Labute approximate surface area is 377 Å². The van der Waals surface area contributed by atoms with Gasteiger partial charge in [0, 0.05) is 97.3 Å². The van der Waals surface area contributed by atoms with Gasteiger partial charge in [-0.25, -0.2) is 18.7 Å². The first-order valence-electron chi connectivity index (χ1n) is 20.3. The fraction of sp³-hybridized carbons (Fsp3) is 0.255. The Hall–Kier alpha value is -5.95. The summed E-state index contributed by atoms with van der Waals surface area (Å²) in [5.41, 5.74) is 6.91. The molecular weight excluding hydrogens is 859 g/mol. The van der Waals surface area contributed by atoms with E-state index in [4.69, 9.17) is 14.5 Å². The number of carbonyl (C=O) groups is 1. The fourth-order valence-corrected chi connectivity index (χ4v) is 8.43. The Morgan fingerprint density at radius 1 is 0.688 bits per heavy atom. The van der Waals surface area contributed by atoms with E-state index < -0.39 is 22.4 Å². The van der Waals surface area contributed by atoms with Crippen molar-refractivity contribution in [1.29, 1.82) is 0 Å². The zero-order chi connectivity index (χ0) is 45.8. The van der Waals surface area contributed by atoms with Gasteiger partial charge in [0.25, 0.3) is 0 Å². The Morgan fingerprint density at radius 2 is 1.17 bits per heavy atom. The summed E-state index contributed by atoms with van der Waals surface area (Å²) in [6, 6.07) is 29.7. The second-order valence-electron chi connectivity index (χ2n) is 14.6. The van der Waals surface area contributed by atoms with Crippen LogP contribution in [-0.2, 0) is 49.7 Å². The minimum Gasteiger partial charge on any atom is -0.609 e. The zero-order valence-corrected chi connectivity index (χ0v) is 38.0. The molecule has 7 aromatic rings. The number of ether oxygens (including phenoxy) is 2. The van der Waals surface area contributed by atoms with Crippen LogP contribution in [-0.4, -0.2) is 84.0 Å². The molecule has 0 saturated heterocycles. The minimum absolute atomic E-state index is 0.0534. The van der Waals surface area contributed by atoms with Crippen LogP contribution in [0.15, 0.2) is 126 Å². The van der Waals surface area contributed by atoms with Gasteiger partial charge in [-0.3, -0.25) is 13.9 Å². The monoisotopic (exact) mass is 908 g/mol. The predicted molar refractivity (Wildman–Crippen MR) is 248 cm³/mol. The van der Waals surface area contributed by atoms with Crippen molar-refractivity contribution < 1.29 is 32.2 Å². The zero-order valence-electron chi connectivity index (χ0n) is 36.4. The number of carbonyl (C=O) groups excluding carboxylic acids is 1. The molecular formula is C47H50F2N8O5S2. The summed E-state index contributed by atoms with van der Waals surface area (Å²) in [6.45, 7) is 5.45. The molecule has 7 rings (SSSR count). The molecule has 64 heavy (non-hydrogen) atoms. The molecule has 2 N–H and O–H groups in total. The van der Waals surface area contributed by atoms with Crippen LogP contribution in [0, 0.1) is 11.6 Å². The second kappa shape index (κ2) is 22.6. The van der Waals surface area contributed by atoms with Crippen LogP contribution < -0.4 is 10.6 Å². The van der Waals surface area contributed by atoms with Crippen LogP contribution in [0.2, 0.25) is 0 Å². The lowest BCUT2D eigenvalue weighted by Gasteiger charge is -2.16. The largest absolute Gasteiger partial charge is 0.609 e. The van der Waals surface area contributed by atoms with Gasteiger partial charge in [0.05, 0.1) is 24.5 Å². The Balaban J connectivity index is 0.000000214. The van der Waals surface area contributed by atoms with Gasteiger partial charge in [0.1, 0.15) is 47.2 Å². The number of halogens is 2. The van der Waals surface area contributed by atoms with E-state index in [0.717, 1.165) is 33.6 Å². The molecule has 0 radical (unpaired) electrons. The number of nitrogens with zero attached hydrogens (tertiary/aromatic N) is 6. The first-order chi connectivity index (χ1) is 30.9. The maximum absolute atomic E-state index is 13.6. The molecule has 0 fully saturated rings. The van der Waals surface area contributed by atoms with Crippen LogP contribution in [0.1, 0.15) is 31.9 Å².